The summed E-state index contributed by atoms with van der Waals surface area (Å²) in [4.78, 5) is 28.6. The van der Waals surface area contributed by atoms with Crippen LogP contribution in [0.4, 0.5) is 17.5 Å². The number of para-hydroxylation sites is 1. The van der Waals surface area contributed by atoms with Gasteiger partial charge >= 0.3 is 0 Å². The number of carbonyl (C=O) groups is 1. The van der Waals surface area contributed by atoms with Gasteiger partial charge < -0.3 is 20.9 Å². The minimum atomic E-state index is -0.0155. The van der Waals surface area contributed by atoms with E-state index < -0.39 is 0 Å². The molecule has 4 aromatic rings. The number of aromatic nitrogens is 4. The van der Waals surface area contributed by atoms with Crippen molar-refractivity contribution < 1.29 is 4.79 Å². The van der Waals surface area contributed by atoms with Crippen LogP contribution in [0, 0.1) is 13.8 Å². The third kappa shape index (κ3) is 5.36. The van der Waals surface area contributed by atoms with Crippen molar-refractivity contribution in [3.8, 4) is 0 Å². The molecule has 4 rings (SSSR count). The lowest BCUT2D eigenvalue weighted by Crippen LogP contribution is -2.30. The molecule has 3 heterocycles. The number of nitrogens with zero attached hydrogens (tertiary/aromatic N) is 3. The largest absolute Gasteiger partial charge is 0.368 e. The van der Waals surface area contributed by atoms with Gasteiger partial charge in [-0.3, -0.25) is 4.79 Å². The van der Waals surface area contributed by atoms with Gasteiger partial charge in [0.25, 0.3) is 0 Å². The van der Waals surface area contributed by atoms with Crippen LogP contribution in [-0.4, -0.2) is 38.9 Å². The van der Waals surface area contributed by atoms with Crippen molar-refractivity contribution in [3.05, 3.63) is 71.8 Å². The molecule has 0 bridgehead atoms. The van der Waals surface area contributed by atoms with E-state index in [1.807, 2.05) is 62.5 Å². The second-order valence-corrected chi connectivity index (χ2v) is 7.34. The second kappa shape index (κ2) is 9.25. The maximum absolute atomic E-state index is 12.3. The van der Waals surface area contributed by atoms with Gasteiger partial charge in [-0.2, -0.15) is 0 Å². The first-order valence-corrected chi connectivity index (χ1v) is 10.2. The number of nitrogens with one attached hydrogen (secondary N) is 4. The number of pyridine rings is 1. The molecule has 0 aliphatic heterocycles. The Morgan fingerprint density at radius 2 is 1.84 bits per heavy atom. The third-order valence-corrected chi connectivity index (χ3v) is 4.79. The monoisotopic (exact) mass is 415 g/mol. The number of hydrogen-bond acceptors (Lipinski definition) is 6. The van der Waals surface area contributed by atoms with E-state index in [2.05, 4.69) is 35.9 Å². The zero-order valence-electron chi connectivity index (χ0n) is 17.6. The van der Waals surface area contributed by atoms with E-state index in [0.29, 0.717) is 37.0 Å². The zero-order valence-corrected chi connectivity index (χ0v) is 17.6. The van der Waals surface area contributed by atoms with Crippen LogP contribution in [0.25, 0.3) is 10.9 Å². The van der Waals surface area contributed by atoms with Crippen LogP contribution in [0.2, 0.25) is 0 Å². The van der Waals surface area contributed by atoms with Crippen LogP contribution in [0.15, 0.2) is 54.9 Å². The van der Waals surface area contributed by atoms with Gasteiger partial charge in [-0.1, -0.05) is 18.2 Å². The number of benzene rings is 1. The van der Waals surface area contributed by atoms with E-state index in [1.54, 1.807) is 6.20 Å². The Kier molecular flexibility index (Phi) is 6.07. The normalized spacial score (nSPS) is 10.8. The first kappa shape index (κ1) is 20.3. The molecule has 0 aliphatic rings. The highest BCUT2D eigenvalue weighted by Gasteiger charge is 2.08. The Balaban J connectivity index is 1.28. The molecular formula is C23H25N7O. The van der Waals surface area contributed by atoms with E-state index >= 15 is 0 Å². The fourth-order valence-corrected chi connectivity index (χ4v) is 3.36. The maximum Gasteiger partial charge on any atom is 0.224 e. The predicted octanol–water partition coefficient (Wildman–Crippen LogP) is 3.48. The quantitative estimate of drug-likeness (QED) is 0.328. The third-order valence-electron chi connectivity index (χ3n) is 4.79. The molecule has 8 heteroatoms. The Morgan fingerprint density at radius 1 is 1.00 bits per heavy atom. The number of aryl methyl sites for hydroxylation is 2. The van der Waals surface area contributed by atoms with Gasteiger partial charge in [0.05, 0.1) is 6.42 Å². The summed E-state index contributed by atoms with van der Waals surface area (Å²) >= 11 is 0. The molecule has 0 unspecified atom stereocenters. The van der Waals surface area contributed by atoms with Crippen molar-refractivity contribution in [1.82, 2.24) is 25.3 Å². The summed E-state index contributed by atoms with van der Waals surface area (Å²) in [5, 5.41) is 10.5. The number of amides is 1. The summed E-state index contributed by atoms with van der Waals surface area (Å²) < 4.78 is 0. The summed E-state index contributed by atoms with van der Waals surface area (Å²) in [6, 6.07) is 13.7. The smallest absolute Gasteiger partial charge is 0.224 e. The Bertz CT molecular complexity index is 1200. The number of H-pyrrole nitrogens is 1. The summed E-state index contributed by atoms with van der Waals surface area (Å²) in [5.41, 5.74) is 3.15. The van der Waals surface area contributed by atoms with Gasteiger partial charge in [0.1, 0.15) is 23.3 Å². The van der Waals surface area contributed by atoms with Crippen LogP contribution in [0.1, 0.15) is 17.0 Å². The second-order valence-electron chi connectivity index (χ2n) is 7.34. The predicted molar refractivity (Wildman–Crippen MR) is 123 cm³/mol. The van der Waals surface area contributed by atoms with Gasteiger partial charge in [-0.05, 0) is 43.2 Å². The molecule has 1 aromatic carbocycles. The SMILES string of the molecule is Cc1ccnc(Nc2cc(NCCNC(=O)Cc3c[nH]c4ccccc34)nc(C)n2)c1. The Labute approximate surface area is 180 Å². The lowest BCUT2D eigenvalue weighted by Gasteiger charge is -2.11. The van der Waals surface area contributed by atoms with Crippen LogP contribution in [0.5, 0.6) is 0 Å². The summed E-state index contributed by atoms with van der Waals surface area (Å²) in [5.74, 6) is 2.71. The minimum absolute atomic E-state index is 0.0155. The number of fused-ring (bicyclic) bond motifs is 1. The average Bonchev–Trinajstić information content (AvgIpc) is 3.14. The van der Waals surface area contributed by atoms with E-state index in [9.17, 15) is 4.79 Å². The molecule has 31 heavy (non-hydrogen) atoms. The van der Waals surface area contributed by atoms with E-state index in [1.165, 1.54) is 0 Å². The van der Waals surface area contributed by atoms with E-state index in [-0.39, 0.29) is 5.91 Å². The highest BCUT2D eigenvalue weighted by atomic mass is 16.1. The Morgan fingerprint density at radius 3 is 2.71 bits per heavy atom. The van der Waals surface area contributed by atoms with Gasteiger partial charge in [0.15, 0.2) is 0 Å². The van der Waals surface area contributed by atoms with Crippen molar-refractivity contribution >= 4 is 34.3 Å². The summed E-state index contributed by atoms with van der Waals surface area (Å²) in [6.07, 6.45) is 3.99. The standard InChI is InChI=1S/C23H25N7O/c1-15-7-8-24-20(11-15)30-22-13-21(28-16(2)29-22)25-9-10-26-23(31)12-17-14-27-19-6-4-3-5-18(17)19/h3-8,11,13-14,27H,9-10,12H2,1-2H3,(H,26,31)(H2,24,25,28,29,30). The summed E-state index contributed by atoms with van der Waals surface area (Å²) in [6.45, 7) is 4.89. The highest BCUT2D eigenvalue weighted by molar-refractivity contribution is 5.88. The molecule has 0 spiro atoms. The molecule has 0 radical (unpaired) electrons. The van der Waals surface area contributed by atoms with E-state index in [0.717, 1.165) is 27.8 Å². The first-order chi connectivity index (χ1) is 15.1. The van der Waals surface area contributed by atoms with Crippen molar-refractivity contribution in [2.75, 3.05) is 23.7 Å². The lowest BCUT2D eigenvalue weighted by atomic mass is 10.1. The fraction of sp³-hybridized carbons (Fsp3) is 0.217. The van der Waals surface area contributed by atoms with E-state index in [4.69, 9.17) is 0 Å². The van der Waals surface area contributed by atoms with Gasteiger partial charge in [0, 0.05) is 42.5 Å². The van der Waals surface area contributed by atoms with Crippen LogP contribution < -0.4 is 16.0 Å². The lowest BCUT2D eigenvalue weighted by molar-refractivity contribution is -0.120. The van der Waals surface area contributed by atoms with Gasteiger partial charge in [0.2, 0.25) is 5.91 Å². The fourth-order valence-electron chi connectivity index (χ4n) is 3.36. The van der Waals surface area contributed by atoms with Crippen molar-refractivity contribution in [2.24, 2.45) is 0 Å². The molecule has 0 aliphatic carbocycles. The van der Waals surface area contributed by atoms with Crippen molar-refractivity contribution in [2.45, 2.75) is 20.3 Å². The number of anilines is 3. The molecule has 158 valence electrons. The molecule has 1 amide bonds. The van der Waals surface area contributed by atoms with Gasteiger partial charge in [-0.25, -0.2) is 15.0 Å². The first-order valence-electron chi connectivity index (χ1n) is 10.2. The van der Waals surface area contributed by atoms with Crippen LogP contribution >= 0.6 is 0 Å². The average molecular weight is 416 g/mol. The number of carbonyl (C=O) groups excluding carboxylic acids is 1. The Hall–Kier alpha value is -3.94. The maximum atomic E-state index is 12.3. The molecule has 0 atom stereocenters. The zero-order chi connectivity index (χ0) is 21.6. The molecule has 8 nitrogen and oxygen atoms in total. The topological polar surface area (TPSA) is 108 Å². The molecule has 0 saturated heterocycles. The molecule has 0 saturated carbocycles. The molecular weight excluding hydrogens is 390 g/mol. The number of rotatable bonds is 8. The number of aromatic amines is 1. The van der Waals surface area contributed by atoms with Crippen LogP contribution in [-0.2, 0) is 11.2 Å². The van der Waals surface area contributed by atoms with Gasteiger partial charge in [-0.15, -0.1) is 0 Å². The molecule has 3 aromatic heterocycles. The van der Waals surface area contributed by atoms with Crippen molar-refractivity contribution in [1.29, 1.82) is 0 Å². The highest BCUT2D eigenvalue weighted by Crippen LogP contribution is 2.18. The molecule has 0 fully saturated rings. The number of hydrogen-bond donors (Lipinski definition) is 4. The van der Waals surface area contributed by atoms with Crippen molar-refractivity contribution in [3.63, 3.8) is 0 Å². The van der Waals surface area contributed by atoms with Crippen LogP contribution in [0.3, 0.4) is 0 Å². The minimum Gasteiger partial charge on any atom is -0.368 e. The molecule has 4 N–H and O–H groups in total. The summed E-state index contributed by atoms with van der Waals surface area (Å²) in [7, 11) is 0.